The van der Waals surface area contributed by atoms with Gasteiger partial charge in [-0.25, -0.2) is 8.42 Å². The molecule has 0 unspecified atom stereocenters. The first-order valence-electron chi connectivity index (χ1n) is 9.99. The second kappa shape index (κ2) is 9.67. The number of hydrogen-bond acceptors (Lipinski definition) is 6. The summed E-state index contributed by atoms with van der Waals surface area (Å²) in [6, 6.07) is 9.73. The Morgan fingerprint density at radius 1 is 1.06 bits per heavy atom. The van der Waals surface area contributed by atoms with Crippen LogP contribution in [0.5, 0.6) is 11.5 Å². The van der Waals surface area contributed by atoms with Crippen LogP contribution in [-0.2, 0) is 14.8 Å². The first kappa shape index (κ1) is 23.1. The van der Waals surface area contributed by atoms with Crippen molar-refractivity contribution in [1.82, 2.24) is 9.62 Å². The number of nitrogens with one attached hydrogen (secondary N) is 1. The van der Waals surface area contributed by atoms with Gasteiger partial charge in [-0.15, -0.1) is 0 Å². The van der Waals surface area contributed by atoms with Crippen molar-refractivity contribution in [3.63, 3.8) is 0 Å². The number of benzene rings is 2. The van der Waals surface area contributed by atoms with E-state index in [0.29, 0.717) is 48.9 Å². The molecule has 0 radical (unpaired) electrons. The molecule has 31 heavy (non-hydrogen) atoms. The molecule has 1 N–H and O–H groups in total. The summed E-state index contributed by atoms with van der Waals surface area (Å²) in [6.45, 7) is 4.95. The highest BCUT2D eigenvalue weighted by Gasteiger charge is 2.27. The van der Waals surface area contributed by atoms with Crippen LogP contribution in [0, 0.1) is 6.92 Å². The summed E-state index contributed by atoms with van der Waals surface area (Å²) in [5.74, 6) is 0.816. The molecule has 1 saturated heterocycles. The molecule has 0 aliphatic carbocycles. The van der Waals surface area contributed by atoms with Gasteiger partial charge in [-0.1, -0.05) is 12.1 Å². The Labute approximate surface area is 183 Å². The topological polar surface area (TPSA) is 94.2 Å². The van der Waals surface area contributed by atoms with Gasteiger partial charge in [0, 0.05) is 18.7 Å². The van der Waals surface area contributed by atoms with Crippen molar-refractivity contribution in [2.75, 3.05) is 40.5 Å². The SMILES string of the molecule is COc1ccc([C@@H](C)NC(=O)c2cc(S(=O)(=O)N3CCOCC3)ccc2C)cc1OC. The molecule has 1 amide bonds. The van der Waals surface area contributed by atoms with E-state index in [1.165, 1.54) is 16.4 Å². The molecule has 0 aromatic heterocycles. The lowest BCUT2D eigenvalue weighted by Gasteiger charge is -2.26. The summed E-state index contributed by atoms with van der Waals surface area (Å²) in [6.07, 6.45) is 0. The van der Waals surface area contributed by atoms with E-state index >= 15 is 0 Å². The van der Waals surface area contributed by atoms with Crippen LogP contribution in [0.3, 0.4) is 0 Å². The second-order valence-electron chi connectivity index (χ2n) is 7.30. The lowest BCUT2D eigenvalue weighted by molar-refractivity contribution is 0.0730. The standard InChI is InChI=1S/C22H28N2O6S/c1-15-5-7-18(31(26,27)24-9-11-30-12-10-24)14-19(15)22(25)23-16(2)17-6-8-20(28-3)21(13-17)29-4/h5-8,13-14,16H,9-12H2,1-4H3,(H,23,25)/t16-/m1/s1. The second-order valence-corrected chi connectivity index (χ2v) is 9.24. The zero-order valence-corrected chi connectivity index (χ0v) is 19.0. The molecule has 3 rings (SSSR count). The number of carbonyl (C=O) groups excluding carboxylic acids is 1. The van der Waals surface area contributed by atoms with Crippen molar-refractivity contribution in [3.05, 3.63) is 53.1 Å². The maximum atomic E-state index is 13.0. The third-order valence-electron chi connectivity index (χ3n) is 5.32. The number of ether oxygens (including phenoxy) is 3. The third-order valence-corrected chi connectivity index (χ3v) is 7.21. The average Bonchev–Trinajstić information content (AvgIpc) is 2.79. The molecule has 9 heteroatoms. The minimum Gasteiger partial charge on any atom is -0.493 e. The molecule has 168 valence electrons. The van der Waals surface area contributed by atoms with E-state index in [9.17, 15) is 13.2 Å². The molecule has 1 heterocycles. The fourth-order valence-electron chi connectivity index (χ4n) is 3.42. The summed E-state index contributed by atoms with van der Waals surface area (Å²) < 4.78 is 43.1. The molecule has 8 nitrogen and oxygen atoms in total. The van der Waals surface area contributed by atoms with Crippen molar-refractivity contribution >= 4 is 15.9 Å². The van der Waals surface area contributed by atoms with Crippen LogP contribution in [0.15, 0.2) is 41.3 Å². The Balaban J connectivity index is 1.82. The van der Waals surface area contributed by atoms with Crippen LogP contribution in [0.4, 0.5) is 0 Å². The number of morpholine rings is 1. The number of hydrogen-bond donors (Lipinski definition) is 1. The van der Waals surface area contributed by atoms with E-state index in [1.807, 2.05) is 13.0 Å². The summed E-state index contributed by atoms with van der Waals surface area (Å²) >= 11 is 0. The molecule has 1 fully saturated rings. The Morgan fingerprint density at radius 3 is 2.39 bits per heavy atom. The summed E-state index contributed by atoms with van der Waals surface area (Å²) in [5.41, 5.74) is 1.85. The van der Waals surface area contributed by atoms with E-state index in [2.05, 4.69) is 5.32 Å². The van der Waals surface area contributed by atoms with Crippen LogP contribution >= 0.6 is 0 Å². The van der Waals surface area contributed by atoms with Crippen LogP contribution in [0.1, 0.15) is 34.5 Å². The molecule has 1 atom stereocenters. The Kier molecular flexibility index (Phi) is 7.19. The van der Waals surface area contributed by atoms with Crippen LogP contribution < -0.4 is 14.8 Å². The molecule has 0 saturated carbocycles. The summed E-state index contributed by atoms with van der Waals surface area (Å²) in [5, 5.41) is 2.94. The first-order valence-corrected chi connectivity index (χ1v) is 11.4. The van der Waals surface area contributed by atoms with E-state index in [4.69, 9.17) is 14.2 Å². The molecular formula is C22H28N2O6S. The Morgan fingerprint density at radius 2 is 1.74 bits per heavy atom. The quantitative estimate of drug-likeness (QED) is 0.700. The predicted molar refractivity (Wildman–Crippen MR) is 116 cm³/mol. The maximum absolute atomic E-state index is 13.0. The van der Waals surface area contributed by atoms with Gasteiger partial charge in [-0.2, -0.15) is 4.31 Å². The lowest BCUT2D eigenvalue weighted by Crippen LogP contribution is -2.40. The average molecular weight is 449 g/mol. The van der Waals surface area contributed by atoms with Gasteiger partial charge < -0.3 is 19.5 Å². The monoisotopic (exact) mass is 448 g/mol. The van der Waals surface area contributed by atoms with Gasteiger partial charge >= 0.3 is 0 Å². The highest BCUT2D eigenvalue weighted by molar-refractivity contribution is 7.89. The van der Waals surface area contributed by atoms with Crippen molar-refractivity contribution in [3.8, 4) is 11.5 Å². The van der Waals surface area contributed by atoms with Crippen molar-refractivity contribution in [2.45, 2.75) is 24.8 Å². The van der Waals surface area contributed by atoms with Gasteiger partial charge in [-0.3, -0.25) is 4.79 Å². The molecule has 1 aliphatic heterocycles. The molecular weight excluding hydrogens is 420 g/mol. The highest BCUT2D eigenvalue weighted by atomic mass is 32.2. The van der Waals surface area contributed by atoms with Gasteiger partial charge in [0.1, 0.15) is 0 Å². The zero-order chi connectivity index (χ0) is 22.6. The third kappa shape index (κ3) is 5.00. The molecule has 0 spiro atoms. The number of methoxy groups -OCH3 is 2. The fourth-order valence-corrected chi connectivity index (χ4v) is 4.86. The van der Waals surface area contributed by atoms with Crippen LogP contribution in [0.25, 0.3) is 0 Å². The number of aryl methyl sites for hydroxylation is 1. The van der Waals surface area contributed by atoms with Crippen molar-refractivity contribution < 1.29 is 27.4 Å². The fraction of sp³-hybridized carbons (Fsp3) is 0.409. The first-order chi connectivity index (χ1) is 14.8. The van der Waals surface area contributed by atoms with Crippen LogP contribution in [-0.4, -0.2) is 59.2 Å². The van der Waals surface area contributed by atoms with Gasteiger partial charge in [0.2, 0.25) is 10.0 Å². The number of amides is 1. The molecule has 2 aromatic carbocycles. The molecule has 2 aromatic rings. The molecule has 0 bridgehead atoms. The van der Waals surface area contributed by atoms with E-state index in [0.717, 1.165) is 5.56 Å². The van der Waals surface area contributed by atoms with E-state index in [-0.39, 0.29) is 16.8 Å². The largest absolute Gasteiger partial charge is 0.493 e. The number of rotatable bonds is 7. The van der Waals surface area contributed by atoms with Crippen molar-refractivity contribution in [1.29, 1.82) is 0 Å². The van der Waals surface area contributed by atoms with E-state index in [1.54, 1.807) is 39.3 Å². The number of carbonyl (C=O) groups is 1. The van der Waals surface area contributed by atoms with Gasteiger partial charge in [0.05, 0.1) is 38.4 Å². The van der Waals surface area contributed by atoms with E-state index < -0.39 is 10.0 Å². The predicted octanol–water partition coefficient (Wildman–Crippen LogP) is 2.52. The van der Waals surface area contributed by atoms with Gasteiger partial charge in [0.15, 0.2) is 11.5 Å². The summed E-state index contributed by atoms with van der Waals surface area (Å²) in [7, 11) is -0.580. The van der Waals surface area contributed by atoms with Gasteiger partial charge in [0.25, 0.3) is 5.91 Å². The maximum Gasteiger partial charge on any atom is 0.252 e. The zero-order valence-electron chi connectivity index (χ0n) is 18.2. The molecule has 1 aliphatic rings. The Hall–Kier alpha value is -2.62. The smallest absolute Gasteiger partial charge is 0.252 e. The number of nitrogens with zero attached hydrogens (tertiary/aromatic N) is 1. The highest BCUT2D eigenvalue weighted by Crippen LogP contribution is 2.30. The number of sulfonamides is 1. The minimum atomic E-state index is -3.69. The minimum absolute atomic E-state index is 0.101. The van der Waals surface area contributed by atoms with Crippen LogP contribution in [0.2, 0.25) is 0 Å². The lowest BCUT2D eigenvalue weighted by atomic mass is 10.1. The van der Waals surface area contributed by atoms with Gasteiger partial charge in [-0.05, 0) is 49.2 Å². The normalized spacial score (nSPS) is 15.9. The van der Waals surface area contributed by atoms with Crippen molar-refractivity contribution in [2.24, 2.45) is 0 Å². The summed E-state index contributed by atoms with van der Waals surface area (Å²) in [4.78, 5) is 13.1. The Bertz CT molecular complexity index is 1050.